The summed E-state index contributed by atoms with van der Waals surface area (Å²) in [5.74, 6) is 0.507. The van der Waals surface area contributed by atoms with Crippen LogP contribution in [0.2, 0.25) is 0 Å². The Labute approximate surface area is 161 Å². The van der Waals surface area contributed by atoms with Crippen LogP contribution in [0.5, 0.6) is 5.75 Å². The summed E-state index contributed by atoms with van der Waals surface area (Å²) in [6, 6.07) is 23.3. The SMILES string of the molecule is COc1cccc(S(=O)(=O)N(c2ccc(C)cc2)[C@H](C)c2ccccc2)c1. The largest absolute Gasteiger partial charge is 0.497 e. The number of rotatable bonds is 6. The van der Waals surface area contributed by atoms with Crippen LogP contribution in [0.4, 0.5) is 5.69 Å². The first-order chi connectivity index (χ1) is 12.9. The number of ether oxygens (including phenoxy) is 1. The predicted molar refractivity (Wildman–Crippen MR) is 109 cm³/mol. The molecule has 5 heteroatoms. The quantitative estimate of drug-likeness (QED) is 0.606. The number of hydrogen-bond acceptors (Lipinski definition) is 3. The van der Waals surface area contributed by atoms with Crippen LogP contribution in [0.3, 0.4) is 0 Å². The van der Waals surface area contributed by atoms with Crippen molar-refractivity contribution >= 4 is 15.7 Å². The molecule has 3 aromatic rings. The van der Waals surface area contributed by atoms with Gasteiger partial charge in [0.2, 0.25) is 0 Å². The number of aryl methyl sites for hydroxylation is 1. The van der Waals surface area contributed by atoms with Gasteiger partial charge in [-0.2, -0.15) is 0 Å². The molecule has 0 saturated carbocycles. The molecule has 0 amide bonds. The second-order valence-corrected chi connectivity index (χ2v) is 8.22. The average molecular weight is 381 g/mol. The highest BCUT2D eigenvalue weighted by Crippen LogP contribution is 2.34. The average Bonchev–Trinajstić information content (AvgIpc) is 2.70. The van der Waals surface area contributed by atoms with E-state index in [0.29, 0.717) is 11.4 Å². The number of hydrogen-bond donors (Lipinski definition) is 0. The van der Waals surface area contributed by atoms with Crippen molar-refractivity contribution in [3.8, 4) is 5.75 Å². The highest BCUT2D eigenvalue weighted by molar-refractivity contribution is 7.92. The van der Waals surface area contributed by atoms with Gasteiger partial charge in [-0.1, -0.05) is 54.1 Å². The van der Waals surface area contributed by atoms with Crippen LogP contribution >= 0.6 is 0 Å². The third kappa shape index (κ3) is 3.98. The zero-order valence-electron chi connectivity index (χ0n) is 15.7. The Balaban J connectivity index is 2.15. The molecule has 4 nitrogen and oxygen atoms in total. The van der Waals surface area contributed by atoms with Gasteiger partial charge in [-0.15, -0.1) is 0 Å². The van der Waals surface area contributed by atoms with E-state index in [1.165, 1.54) is 11.4 Å². The minimum atomic E-state index is -3.79. The van der Waals surface area contributed by atoms with E-state index >= 15 is 0 Å². The zero-order chi connectivity index (χ0) is 19.4. The van der Waals surface area contributed by atoms with E-state index in [-0.39, 0.29) is 10.9 Å². The van der Waals surface area contributed by atoms with Gasteiger partial charge in [-0.05, 0) is 43.7 Å². The molecule has 1 atom stereocenters. The second kappa shape index (κ2) is 7.84. The van der Waals surface area contributed by atoms with E-state index in [2.05, 4.69) is 0 Å². The molecule has 0 fully saturated rings. The van der Waals surface area contributed by atoms with E-state index in [9.17, 15) is 8.42 Å². The van der Waals surface area contributed by atoms with Crippen LogP contribution in [0.25, 0.3) is 0 Å². The van der Waals surface area contributed by atoms with Crippen molar-refractivity contribution in [1.82, 2.24) is 0 Å². The van der Waals surface area contributed by atoms with Gasteiger partial charge in [-0.3, -0.25) is 4.31 Å². The van der Waals surface area contributed by atoms with Crippen molar-refractivity contribution < 1.29 is 13.2 Å². The van der Waals surface area contributed by atoms with Crippen molar-refractivity contribution in [2.75, 3.05) is 11.4 Å². The highest BCUT2D eigenvalue weighted by Gasteiger charge is 2.30. The van der Waals surface area contributed by atoms with Crippen molar-refractivity contribution in [2.45, 2.75) is 24.8 Å². The van der Waals surface area contributed by atoms with Crippen LogP contribution in [0, 0.1) is 6.92 Å². The Morgan fingerprint density at radius 1 is 0.889 bits per heavy atom. The van der Waals surface area contributed by atoms with Crippen molar-refractivity contribution in [2.24, 2.45) is 0 Å². The fourth-order valence-electron chi connectivity index (χ4n) is 3.00. The number of nitrogens with zero attached hydrogens (tertiary/aromatic N) is 1. The Hall–Kier alpha value is -2.79. The first-order valence-electron chi connectivity index (χ1n) is 8.73. The molecule has 0 bridgehead atoms. The lowest BCUT2D eigenvalue weighted by atomic mass is 10.1. The Morgan fingerprint density at radius 3 is 2.19 bits per heavy atom. The Bertz CT molecular complexity index is 999. The molecule has 27 heavy (non-hydrogen) atoms. The molecular formula is C22H23NO3S. The fourth-order valence-corrected chi connectivity index (χ4v) is 4.68. The maximum Gasteiger partial charge on any atom is 0.265 e. The van der Waals surface area contributed by atoms with E-state index < -0.39 is 10.0 Å². The predicted octanol–water partition coefficient (Wildman–Crippen LogP) is 4.96. The summed E-state index contributed by atoms with van der Waals surface area (Å²) >= 11 is 0. The summed E-state index contributed by atoms with van der Waals surface area (Å²) in [6.07, 6.45) is 0. The molecule has 0 aliphatic rings. The van der Waals surface area contributed by atoms with Crippen molar-refractivity contribution in [1.29, 1.82) is 0 Å². The van der Waals surface area contributed by atoms with Gasteiger partial charge in [0.1, 0.15) is 5.75 Å². The Morgan fingerprint density at radius 2 is 1.56 bits per heavy atom. The lowest BCUT2D eigenvalue weighted by Crippen LogP contribution is -2.33. The van der Waals surface area contributed by atoms with Gasteiger partial charge in [0, 0.05) is 6.07 Å². The number of methoxy groups -OCH3 is 1. The standard InChI is InChI=1S/C22H23NO3S/c1-17-12-14-20(15-13-17)23(18(2)19-8-5-4-6-9-19)27(24,25)22-11-7-10-21(16-22)26-3/h4-16,18H,1-3H3/t18-/m1/s1. The zero-order valence-corrected chi connectivity index (χ0v) is 16.5. The summed E-state index contributed by atoms with van der Waals surface area (Å²) in [6.45, 7) is 3.87. The summed E-state index contributed by atoms with van der Waals surface area (Å²) in [5, 5.41) is 0. The fraction of sp³-hybridized carbons (Fsp3) is 0.182. The second-order valence-electron chi connectivity index (χ2n) is 6.40. The topological polar surface area (TPSA) is 46.6 Å². The maximum absolute atomic E-state index is 13.6. The van der Waals surface area contributed by atoms with Crippen LogP contribution in [-0.4, -0.2) is 15.5 Å². The van der Waals surface area contributed by atoms with Gasteiger partial charge in [0.25, 0.3) is 10.0 Å². The molecular weight excluding hydrogens is 358 g/mol. The van der Waals surface area contributed by atoms with E-state index in [0.717, 1.165) is 11.1 Å². The summed E-state index contributed by atoms with van der Waals surface area (Å²) in [5.41, 5.74) is 2.62. The molecule has 0 saturated heterocycles. The summed E-state index contributed by atoms with van der Waals surface area (Å²) in [4.78, 5) is 0.199. The van der Waals surface area contributed by atoms with Crippen LogP contribution < -0.4 is 9.04 Å². The summed E-state index contributed by atoms with van der Waals surface area (Å²) in [7, 11) is -2.27. The normalized spacial score (nSPS) is 12.4. The van der Waals surface area contributed by atoms with E-state index in [1.807, 2.05) is 68.4 Å². The number of benzene rings is 3. The maximum atomic E-state index is 13.6. The Kier molecular flexibility index (Phi) is 5.51. The molecule has 0 aromatic heterocycles. The minimum Gasteiger partial charge on any atom is -0.497 e. The van der Waals surface area contributed by atoms with Crippen molar-refractivity contribution in [3.63, 3.8) is 0 Å². The van der Waals surface area contributed by atoms with Crippen molar-refractivity contribution in [3.05, 3.63) is 90.0 Å². The molecule has 0 unspecified atom stereocenters. The molecule has 0 heterocycles. The third-order valence-corrected chi connectivity index (χ3v) is 6.41. The minimum absolute atomic E-state index is 0.199. The molecule has 0 aliphatic carbocycles. The van der Waals surface area contributed by atoms with Crippen LogP contribution in [0.1, 0.15) is 24.1 Å². The molecule has 0 radical (unpaired) electrons. The monoisotopic (exact) mass is 381 g/mol. The molecule has 3 aromatic carbocycles. The van der Waals surface area contributed by atoms with Crippen LogP contribution in [-0.2, 0) is 10.0 Å². The molecule has 3 rings (SSSR count). The molecule has 140 valence electrons. The van der Waals surface area contributed by atoms with Gasteiger partial charge in [0.05, 0.1) is 23.7 Å². The number of sulfonamides is 1. The molecule has 0 aliphatic heterocycles. The first kappa shape index (κ1) is 19.0. The molecule has 0 N–H and O–H groups in total. The van der Waals surface area contributed by atoms with Gasteiger partial charge < -0.3 is 4.74 Å². The van der Waals surface area contributed by atoms with Gasteiger partial charge in [0.15, 0.2) is 0 Å². The lowest BCUT2D eigenvalue weighted by molar-refractivity contribution is 0.413. The van der Waals surface area contributed by atoms with E-state index in [1.54, 1.807) is 24.3 Å². The lowest BCUT2D eigenvalue weighted by Gasteiger charge is -2.31. The smallest absolute Gasteiger partial charge is 0.265 e. The highest BCUT2D eigenvalue weighted by atomic mass is 32.2. The van der Waals surface area contributed by atoms with Crippen LogP contribution in [0.15, 0.2) is 83.8 Å². The molecule has 0 spiro atoms. The first-order valence-corrected chi connectivity index (χ1v) is 10.2. The van der Waals surface area contributed by atoms with E-state index in [4.69, 9.17) is 4.74 Å². The van der Waals surface area contributed by atoms with Gasteiger partial charge >= 0.3 is 0 Å². The third-order valence-electron chi connectivity index (χ3n) is 4.52. The van der Waals surface area contributed by atoms with Gasteiger partial charge in [-0.25, -0.2) is 8.42 Å². The summed E-state index contributed by atoms with van der Waals surface area (Å²) < 4.78 is 33.8. The number of anilines is 1.